The van der Waals surface area contributed by atoms with Crippen molar-refractivity contribution in [1.82, 2.24) is 0 Å². The van der Waals surface area contributed by atoms with E-state index in [-0.39, 0.29) is 11.3 Å². The summed E-state index contributed by atoms with van der Waals surface area (Å²) in [6, 6.07) is 6.88. The Balaban J connectivity index is 2.20. The van der Waals surface area contributed by atoms with Gasteiger partial charge in [-0.05, 0) is 23.3 Å². The second-order valence-electron chi connectivity index (χ2n) is 5.99. The van der Waals surface area contributed by atoms with Crippen molar-refractivity contribution in [3.05, 3.63) is 59.9 Å². The van der Waals surface area contributed by atoms with Gasteiger partial charge in [-0.1, -0.05) is 24.3 Å². The molecular formula is C18H16F3NO4S. The average molecular weight is 399 g/mol. The van der Waals surface area contributed by atoms with Crippen LogP contribution in [0.2, 0.25) is 0 Å². The number of hydrogen-bond donors (Lipinski definition) is 1. The van der Waals surface area contributed by atoms with E-state index in [2.05, 4.69) is 11.3 Å². The van der Waals surface area contributed by atoms with Crippen LogP contribution in [0.3, 0.4) is 0 Å². The number of hydrogen-bond acceptors (Lipinski definition) is 4. The highest BCUT2D eigenvalue weighted by molar-refractivity contribution is 7.88. The zero-order valence-corrected chi connectivity index (χ0v) is 14.8. The van der Waals surface area contributed by atoms with E-state index in [4.69, 9.17) is 9.88 Å². The number of nitrogens with two attached hydrogens (primary N) is 1. The van der Waals surface area contributed by atoms with Gasteiger partial charge in [0.1, 0.15) is 11.9 Å². The molecule has 1 aliphatic heterocycles. The molecule has 0 amide bonds. The number of rotatable bonds is 6. The standard InChI is InChI=1S/C18H16F3NO4S/c1-2-3-14-12-8-10(9-27(22,23)24)4-5-11(12)16-15(25-14)7-6-13(19)17(16)26-18(20)21/h2,4-8,14,18H,1,3,9H2,(H2,22,23,24). The summed E-state index contributed by atoms with van der Waals surface area (Å²) in [5.74, 6) is -1.80. The minimum Gasteiger partial charge on any atom is -0.485 e. The summed E-state index contributed by atoms with van der Waals surface area (Å²) in [6.45, 7) is 0.436. The molecule has 1 heterocycles. The summed E-state index contributed by atoms with van der Waals surface area (Å²) < 4.78 is 72.6. The summed E-state index contributed by atoms with van der Waals surface area (Å²) in [4.78, 5) is 0. The topological polar surface area (TPSA) is 78.6 Å². The van der Waals surface area contributed by atoms with Gasteiger partial charge in [0.25, 0.3) is 0 Å². The Hall–Kier alpha value is -2.52. The lowest BCUT2D eigenvalue weighted by Gasteiger charge is -2.30. The molecule has 1 aliphatic rings. The molecule has 1 unspecified atom stereocenters. The predicted molar refractivity (Wildman–Crippen MR) is 93.5 cm³/mol. The average Bonchev–Trinajstić information content (AvgIpc) is 2.56. The smallest absolute Gasteiger partial charge is 0.387 e. The highest BCUT2D eigenvalue weighted by atomic mass is 32.2. The van der Waals surface area contributed by atoms with Gasteiger partial charge < -0.3 is 9.47 Å². The first-order valence-corrected chi connectivity index (χ1v) is 9.59. The lowest BCUT2D eigenvalue weighted by Crippen LogP contribution is -2.18. The highest BCUT2D eigenvalue weighted by Crippen LogP contribution is 2.49. The normalized spacial score (nSPS) is 15.7. The van der Waals surface area contributed by atoms with Crippen molar-refractivity contribution in [1.29, 1.82) is 0 Å². The number of sulfonamides is 1. The van der Waals surface area contributed by atoms with Crippen LogP contribution in [0.5, 0.6) is 11.5 Å². The third kappa shape index (κ3) is 4.09. The van der Waals surface area contributed by atoms with Crippen LogP contribution in [0, 0.1) is 5.82 Å². The molecule has 2 aromatic rings. The van der Waals surface area contributed by atoms with Crippen LogP contribution in [-0.2, 0) is 15.8 Å². The van der Waals surface area contributed by atoms with Gasteiger partial charge >= 0.3 is 6.61 Å². The van der Waals surface area contributed by atoms with E-state index in [1.807, 2.05) is 0 Å². The summed E-state index contributed by atoms with van der Waals surface area (Å²) in [6.07, 6.45) is 1.43. The molecule has 9 heteroatoms. The van der Waals surface area contributed by atoms with Gasteiger partial charge in [-0.3, -0.25) is 0 Å². The summed E-state index contributed by atoms with van der Waals surface area (Å²) >= 11 is 0. The Bertz CT molecular complexity index is 992. The van der Waals surface area contributed by atoms with Gasteiger partial charge in [0.2, 0.25) is 10.0 Å². The third-order valence-corrected chi connectivity index (χ3v) is 4.76. The fraction of sp³-hybridized carbons (Fsp3) is 0.222. The molecule has 0 spiro atoms. The zero-order chi connectivity index (χ0) is 19.8. The summed E-state index contributed by atoms with van der Waals surface area (Å²) in [5, 5.41) is 5.08. The van der Waals surface area contributed by atoms with Gasteiger partial charge in [-0.25, -0.2) is 17.9 Å². The molecule has 0 saturated carbocycles. The lowest BCUT2D eigenvalue weighted by molar-refractivity contribution is -0.0519. The molecule has 0 aromatic heterocycles. The van der Waals surface area contributed by atoms with E-state index < -0.39 is 40.1 Å². The van der Waals surface area contributed by atoms with Crippen LogP contribution in [0.15, 0.2) is 43.0 Å². The second-order valence-corrected chi connectivity index (χ2v) is 7.60. The van der Waals surface area contributed by atoms with Crippen molar-refractivity contribution in [3.8, 4) is 22.6 Å². The Morgan fingerprint density at radius 1 is 1.30 bits per heavy atom. The van der Waals surface area contributed by atoms with Gasteiger partial charge in [0, 0.05) is 12.0 Å². The zero-order valence-electron chi connectivity index (χ0n) is 14.0. The number of benzene rings is 2. The Kier molecular flexibility index (Phi) is 5.16. The van der Waals surface area contributed by atoms with E-state index in [9.17, 15) is 21.6 Å². The number of ether oxygens (including phenoxy) is 2. The number of primary sulfonamides is 1. The molecule has 0 bridgehead atoms. The van der Waals surface area contributed by atoms with Crippen LogP contribution in [0.25, 0.3) is 11.1 Å². The quantitative estimate of drug-likeness (QED) is 0.748. The van der Waals surface area contributed by atoms with Crippen molar-refractivity contribution in [2.45, 2.75) is 24.9 Å². The minimum atomic E-state index is -3.77. The van der Waals surface area contributed by atoms with E-state index in [0.717, 1.165) is 6.07 Å². The van der Waals surface area contributed by atoms with Crippen LogP contribution in [0.4, 0.5) is 13.2 Å². The molecule has 27 heavy (non-hydrogen) atoms. The van der Waals surface area contributed by atoms with Crippen LogP contribution in [-0.4, -0.2) is 15.0 Å². The molecule has 0 saturated heterocycles. The molecule has 3 rings (SSSR count). The minimum absolute atomic E-state index is 0.0489. The van der Waals surface area contributed by atoms with Crippen molar-refractivity contribution in [2.24, 2.45) is 5.14 Å². The number of fused-ring (bicyclic) bond motifs is 3. The fourth-order valence-corrected chi connectivity index (χ4v) is 3.71. The molecule has 0 radical (unpaired) electrons. The van der Waals surface area contributed by atoms with Gasteiger partial charge in [0.05, 0.1) is 11.3 Å². The molecule has 1 atom stereocenters. The van der Waals surface area contributed by atoms with Crippen molar-refractivity contribution < 1.29 is 31.1 Å². The second kappa shape index (κ2) is 7.24. The van der Waals surface area contributed by atoms with Crippen LogP contribution >= 0.6 is 0 Å². The van der Waals surface area contributed by atoms with Crippen LogP contribution < -0.4 is 14.6 Å². The number of halogens is 3. The lowest BCUT2D eigenvalue weighted by atomic mass is 9.89. The van der Waals surface area contributed by atoms with Crippen molar-refractivity contribution >= 4 is 10.0 Å². The van der Waals surface area contributed by atoms with E-state index in [0.29, 0.717) is 23.1 Å². The SMILES string of the molecule is C=CCC1Oc2ccc(F)c(OC(F)F)c2-c2ccc(CS(N)(=O)=O)cc21. The predicted octanol–water partition coefficient (Wildman–Crippen LogP) is 3.89. The molecule has 0 aliphatic carbocycles. The Morgan fingerprint density at radius 3 is 2.67 bits per heavy atom. The molecule has 5 nitrogen and oxygen atoms in total. The first-order chi connectivity index (χ1) is 12.7. The first-order valence-electron chi connectivity index (χ1n) is 7.88. The van der Waals surface area contributed by atoms with Gasteiger partial charge in [-0.15, -0.1) is 6.58 Å². The van der Waals surface area contributed by atoms with Gasteiger partial charge in [-0.2, -0.15) is 8.78 Å². The molecule has 0 fully saturated rings. The van der Waals surface area contributed by atoms with Crippen molar-refractivity contribution in [3.63, 3.8) is 0 Å². The van der Waals surface area contributed by atoms with E-state index in [1.54, 1.807) is 12.1 Å². The highest BCUT2D eigenvalue weighted by Gasteiger charge is 2.31. The van der Waals surface area contributed by atoms with Crippen molar-refractivity contribution in [2.75, 3.05) is 0 Å². The molecular weight excluding hydrogens is 383 g/mol. The third-order valence-electron chi connectivity index (χ3n) is 4.03. The maximum absolute atomic E-state index is 14.2. The van der Waals surface area contributed by atoms with E-state index >= 15 is 0 Å². The molecule has 144 valence electrons. The Morgan fingerprint density at radius 2 is 2.04 bits per heavy atom. The first kappa shape index (κ1) is 19.2. The van der Waals surface area contributed by atoms with E-state index in [1.165, 1.54) is 18.2 Å². The number of alkyl halides is 2. The fourth-order valence-electron chi connectivity index (χ4n) is 3.07. The van der Waals surface area contributed by atoms with Gasteiger partial charge in [0.15, 0.2) is 11.6 Å². The molecule has 2 N–H and O–H groups in total. The summed E-state index contributed by atoms with van der Waals surface area (Å²) in [5.41, 5.74) is 1.36. The summed E-state index contributed by atoms with van der Waals surface area (Å²) in [7, 11) is -3.77. The maximum atomic E-state index is 14.2. The van der Waals surface area contributed by atoms with Crippen LogP contribution in [0.1, 0.15) is 23.7 Å². The molecule has 2 aromatic carbocycles. The Labute approximate surface area is 154 Å². The largest absolute Gasteiger partial charge is 0.485 e. The maximum Gasteiger partial charge on any atom is 0.387 e. The monoisotopic (exact) mass is 399 g/mol.